The zero-order valence-corrected chi connectivity index (χ0v) is 18.8. The maximum Gasteiger partial charge on any atom is 0.182 e. The monoisotopic (exact) mass is 446 g/mol. The lowest BCUT2D eigenvalue weighted by atomic mass is 10.1. The topological polar surface area (TPSA) is 122 Å². The first kappa shape index (κ1) is 22.8. The largest absolute Gasteiger partial charge is 0.494 e. The Morgan fingerprint density at radius 2 is 1.81 bits per heavy atom. The van der Waals surface area contributed by atoms with Crippen LogP contribution in [0, 0.1) is 0 Å². The predicted molar refractivity (Wildman–Crippen MR) is 114 cm³/mol. The van der Waals surface area contributed by atoms with E-state index >= 15 is 0 Å². The highest BCUT2D eigenvalue weighted by molar-refractivity contribution is 7.91. The molecule has 3 heterocycles. The number of pyridine rings is 1. The Balaban J connectivity index is 1.86. The molecule has 0 bridgehead atoms. The lowest BCUT2D eigenvalue weighted by molar-refractivity contribution is 0.187. The molecular weight excluding hydrogens is 420 g/mol. The average molecular weight is 447 g/mol. The molecule has 0 fully saturated rings. The third-order valence-corrected chi connectivity index (χ3v) is 7.33. The van der Waals surface area contributed by atoms with Gasteiger partial charge in [0.05, 0.1) is 31.4 Å². The van der Waals surface area contributed by atoms with Gasteiger partial charge in [-0.2, -0.15) is 0 Å². The van der Waals surface area contributed by atoms with Crippen molar-refractivity contribution in [2.75, 3.05) is 20.8 Å². The van der Waals surface area contributed by atoms with Crippen molar-refractivity contribution < 1.29 is 17.9 Å². The Hall–Kier alpha value is -2.92. The molecule has 31 heavy (non-hydrogen) atoms. The van der Waals surface area contributed by atoms with Crippen molar-refractivity contribution in [3.8, 4) is 17.3 Å². The second kappa shape index (κ2) is 9.92. The van der Waals surface area contributed by atoms with Crippen LogP contribution in [-0.2, 0) is 26.9 Å². The maximum atomic E-state index is 13.2. The molecule has 3 aromatic heterocycles. The van der Waals surface area contributed by atoms with Gasteiger partial charge in [-0.05, 0) is 19.1 Å². The molecule has 0 aliphatic heterocycles. The molecule has 2 atom stereocenters. The summed E-state index contributed by atoms with van der Waals surface area (Å²) < 4.78 is 38.4. The average Bonchev–Trinajstić information content (AvgIpc) is 3.18. The second-order valence-corrected chi connectivity index (χ2v) is 9.44. The van der Waals surface area contributed by atoms with E-state index in [4.69, 9.17) is 9.47 Å². The molecule has 3 rings (SSSR count). The predicted octanol–water partition coefficient (Wildman–Crippen LogP) is 1.89. The zero-order valence-electron chi connectivity index (χ0n) is 18.0. The van der Waals surface area contributed by atoms with E-state index in [2.05, 4.69) is 25.1 Å². The van der Waals surface area contributed by atoms with Gasteiger partial charge in [-0.3, -0.25) is 4.98 Å². The normalized spacial score (nSPS) is 13.7. The van der Waals surface area contributed by atoms with Crippen molar-refractivity contribution >= 4 is 9.84 Å². The van der Waals surface area contributed by atoms with Crippen LogP contribution in [0.5, 0.6) is 5.75 Å². The summed E-state index contributed by atoms with van der Waals surface area (Å²) in [6.07, 6.45) is 4.71. The minimum absolute atomic E-state index is 0.266. The van der Waals surface area contributed by atoms with Gasteiger partial charge in [-0.15, -0.1) is 10.2 Å². The van der Waals surface area contributed by atoms with Gasteiger partial charge in [-0.1, -0.05) is 13.0 Å². The van der Waals surface area contributed by atoms with E-state index < -0.39 is 21.0 Å². The van der Waals surface area contributed by atoms with Gasteiger partial charge in [0, 0.05) is 25.8 Å². The number of hydrogen-bond acceptors (Lipinski definition) is 9. The Kier molecular flexibility index (Phi) is 7.29. The van der Waals surface area contributed by atoms with Crippen LogP contribution < -0.4 is 4.74 Å². The van der Waals surface area contributed by atoms with E-state index in [1.807, 2.05) is 6.07 Å². The van der Waals surface area contributed by atoms with Crippen LogP contribution in [0.4, 0.5) is 0 Å². The van der Waals surface area contributed by atoms with E-state index in [1.54, 1.807) is 43.9 Å². The van der Waals surface area contributed by atoms with Crippen molar-refractivity contribution in [1.29, 1.82) is 0 Å². The number of hydrogen-bond donors (Lipinski definition) is 0. The van der Waals surface area contributed by atoms with Crippen molar-refractivity contribution in [3.05, 3.63) is 48.4 Å². The van der Waals surface area contributed by atoms with Crippen molar-refractivity contribution in [1.82, 2.24) is 29.7 Å². The van der Waals surface area contributed by atoms with Gasteiger partial charge in [0.15, 0.2) is 21.4 Å². The summed E-state index contributed by atoms with van der Waals surface area (Å²) in [5.41, 5.74) is 0.614. The first-order valence-electron chi connectivity index (χ1n) is 9.77. The number of rotatable bonds is 10. The van der Waals surface area contributed by atoms with E-state index in [9.17, 15) is 8.42 Å². The third-order valence-electron chi connectivity index (χ3n) is 5.13. The Bertz CT molecular complexity index is 1090. The van der Waals surface area contributed by atoms with Crippen molar-refractivity contribution in [2.45, 2.75) is 37.3 Å². The highest BCUT2D eigenvalue weighted by atomic mass is 32.2. The molecule has 0 saturated carbocycles. The Morgan fingerprint density at radius 3 is 2.42 bits per heavy atom. The smallest absolute Gasteiger partial charge is 0.182 e. The molecule has 0 unspecified atom stereocenters. The number of nitrogens with zero attached hydrogens (tertiary/aromatic N) is 6. The van der Waals surface area contributed by atoms with E-state index in [-0.39, 0.29) is 5.75 Å². The molecule has 10 nitrogen and oxygen atoms in total. The van der Waals surface area contributed by atoms with Crippen molar-refractivity contribution in [2.24, 2.45) is 0 Å². The number of sulfone groups is 1. The molecule has 0 spiro atoms. The second-order valence-electron chi connectivity index (χ2n) is 7.08. The molecule has 0 aromatic carbocycles. The number of methoxy groups -OCH3 is 2. The fraction of sp³-hybridized carbons (Fsp3) is 0.450. The van der Waals surface area contributed by atoms with Gasteiger partial charge >= 0.3 is 0 Å². The molecule has 3 aromatic rings. The first-order valence-corrected chi connectivity index (χ1v) is 11.5. The fourth-order valence-electron chi connectivity index (χ4n) is 3.04. The minimum atomic E-state index is -3.59. The lowest BCUT2D eigenvalue weighted by Gasteiger charge is -2.19. The van der Waals surface area contributed by atoms with Crippen LogP contribution in [0.3, 0.4) is 0 Å². The summed E-state index contributed by atoms with van der Waals surface area (Å²) >= 11 is 0. The molecule has 0 amide bonds. The summed E-state index contributed by atoms with van der Waals surface area (Å²) in [4.78, 5) is 12.8. The minimum Gasteiger partial charge on any atom is -0.494 e. The van der Waals surface area contributed by atoms with E-state index in [1.165, 1.54) is 19.5 Å². The van der Waals surface area contributed by atoms with Crippen LogP contribution in [0.1, 0.15) is 31.4 Å². The SMILES string of the molecule is COCCn1c(CS(=O)(=O)[C@@H](C)[C@H](C)c2ncc(OC)cn2)nnc1-c1ccccn1. The first-order chi connectivity index (χ1) is 14.9. The third kappa shape index (κ3) is 5.23. The molecule has 0 saturated heterocycles. The summed E-state index contributed by atoms with van der Waals surface area (Å²) in [6, 6.07) is 5.44. The van der Waals surface area contributed by atoms with Gasteiger partial charge in [0.25, 0.3) is 0 Å². The number of ether oxygens (including phenoxy) is 2. The summed E-state index contributed by atoms with van der Waals surface area (Å²) in [6.45, 7) is 4.24. The summed E-state index contributed by atoms with van der Waals surface area (Å²) in [7, 11) is -0.484. The summed E-state index contributed by atoms with van der Waals surface area (Å²) in [5.74, 6) is 1.11. The van der Waals surface area contributed by atoms with Crippen molar-refractivity contribution in [3.63, 3.8) is 0 Å². The van der Waals surface area contributed by atoms with Crippen LogP contribution in [0.15, 0.2) is 36.8 Å². The number of aromatic nitrogens is 6. The van der Waals surface area contributed by atoms with Gasteiger partial charge < -0.3 is 14.0 Å². The van der Waals surface area contributed by atoms with Gasteiger partial charge in [0.2, 0.25) is 0 Å². The molecular formula is C20H26N6O4S. The van der Waals surface area contributed by atoms with Crippen LogP contribution in [0.2, 0.25) is 0 Å². The van der Waals surface area contributed by atoms with Crippen LogP contribution in [-0.4, -0.2) is 64.2 Å². The fourth-order valence-corrected chi connectivity index (χ4v) is 4.62. The van der Waals surface area contributed by atoms with Gasteiger partial charge in [0.1, 0.15) is 23.1 Å². The molecule has 0 aliphatic carbocycles. The summed E-state index contributed by atoms with van der Waals surface area (Å²) in [5, 5.41) is 7.63. The standard InChI is InChI=1S/C20H26N6O4S/c1-14(19-22-11-16(30-4)12-23-19)15(2)31(27,28)13-18-24-25-20(26(18)9-10-29-3)17-7-5-6-8-21-17/h5-8,11-12,14-15H,9-10,13H2,1-4H3/t14-,15-/m0/s1. The lowest BCUT2D eigenvalue weighted by Crippen LogP contribution is -2.27. The maximum absolute atomic E-state index is 13.2. The highest BCUT2D eigenvalue weighted by Gasteiger charge is 2.31. The Labute approximate surface area is 181 Å². The Morgan fingerprint density at radius 1 is 1.06 bits per heavy atom. The molecule has 11 heteroatoms. The van der Waals surface area contributed by atoms with Crippen LogP contribution in [0.25, 0.3) is 11.5 Å². The van der Waals surface area contributed by atoms with E-state index in [0.717, 1.165) is 0 Å². The molecule has 166 valence electrons. The molecule has 0 aliphatic rings. The zero-order chi connectivity index (χ0) is 22.4. The molecule has 0 N–H and O–H groups in total. The van der Waals surface area contributed by atoms with E-state index in [0.29, 0.717) is 42.1 Å². The van der Waals surface area contributed by atoms with Crippen LogP contribution >= 0.6 is 0 Å². The quantitative estimate of drug-likeness (QED) is 0.459. The molecule has 0 radical (unpaired) electrons. The highest BCUT2D eigenvalue weighted by Crippen LogP contribution is 2.25. The van der Waals surface area contributed by atoms with Gasteiger partial charge in [-0.25, -0.2) is 18.4 Å².